The number of hydrogen-bond acceptors (Lipinski definition) is 11. The second kappa shape index (κ2) is 13.6. The summed E-state index contributed by atoms with van der Waals surface area (Å²) in [5.74, 6) is -2.50. The van der Waals surface area contributed by atoms with Gasteiger partial charge in [-0.05, 0) is 59.2 Å². The summed E-state index contributed by atoms with van der Waals surface area (Å²) in [7, 11) is 2.34. The van der Waals surface area contributed by atoms with Crippen molar-refractivity contribution in [3.05, 3.63) is 56.1 Å². The van der Waals surface area contributed by atoms with Gasteiger partial charge in [-0.25, -0.2) is 19.2 Å². The van der Waals surface area contributed by atoms with Crippen LogP contribution in [0.3, 0.4) is 0 Å². The van der Waals surface area contributed by atoms with Crippen LogP contribution in [-0.2, 0) is 20.6 Å². The summed E-state index contributed by atoms with van der Waals surface area (Å²) in [6, 6.07) is 4.37. The fourth-order valence-electron chi connectivity index (χ4n) is 3.56. The lowest BCUT2D eigenvalue weighted by atomic mass is 10.1. The Kier molecular flexibility index (Phi) is 10.9. The van der Waals surface area contributed by atoms with E-state index in [0.29, 0.717) is 4.90 Å². The molecule has 0 fully saturated rings. The second-order valence-corrected chi connectivity index (χ2v) is 11.3. The van der Waals surface area contributed by atoms with E-state index in [-0.39, 0.29) is 46.4 Å². The smallest absolute Gasteiger partial charge is 0.424 e. The number of nitro groups is 1. The molecule has 0 aromatic heterocycles. The van der Waals surface area contributed by atoms with E-state index in [1.165, 1.54) is 7.11 Å². The molecule has 2 aromatic carbocycles. The number of carboxylic acids is 1. The number of carbonyl (C=O) groups is 4. The van der Waals surface area contributed by atoms with Crippen molar-refractivity contribution in [3.63, 3.8) is 0 Å². The lowest BCUT2D eigenvalue weighted by molar-refractivity contribution is -0.385. The molecule has 0 radical (unpaired) electrons. The van der Waals surface area contributed by atoms with E-state index in [4.69, 9.17) is 30.5 Å². The van der Waals surface area contributed by atoms with Crippen molar-refractivity contribution in [1.82, 2.24) is 0 Å². The molecule has 14 nitrogen and oxygen atoms in total. The number of carboxylic acid groups (broad SMARTS) is 1. The van der Waals surface area contributed by atoms with Crippen LogP contribution in [0.25, 0.3) is 0 Å². The van der Waals surface area contributed by atoms with Gasteiger partial charge in [0.2, 0.25) is 0 Å². The SMILES string of the molecule is COC(=O)c1cc(OC)c(OCCc2cc(C(=O)O)c(N(C(=O)OC(C)(C)C)C(=O)OC(C)(C)C)cc2Cl)cc1[N+](=O)[O-]. The lowest BCUT2D eigenvalue weighted by Crippen LogP contribution is -2.44. The summed E-state index contributed by atoms with van der Waals surface area (Å²) in [5.41, 5.74) is -3.60. The second-order valence-electron chi connectivity index (χ2n) is 10.9. The zero-order chi connectivity index (χ0) is 32.9. The Bertz CT molecular complexity index is 1400. The van der Waals surface area contributed by atoms with E-state index in [1.54, 1.807) is 41.5 Å². The summed E-state index contributed by atoms with van der Waals surface area (Å²) in [4.78, 5) is 61.6. The minimum atomic E-state index is -1.48. The van der Waals surface area contributed by atoms with E-state index in [2.05, 4.69) is 4.74 Å². The molecule has 0 saturated carbocycles. The first-order valence-electron chi connectivity index (χ1n) is 12.7. The highest BCUT2D eigenvalue weighted by Crippen LogP contribution is 2.36. The van der Waals surface area contributed by atoms with Crippen LogP contribution in [0, 0.1) is 10.1 Å². The average molecular weight is 625 g/mol. The van der Waals surface area contributed by atoms with Gasteiger partial charge in [0, 0.05) is 17.5 Å². The molecule has 0 bridgehead atoms. The van der Waals surface area contributed by atoms with Crippen molar-refractivity contribution in [2.75, 3.05) is 25.7 Å². The number of aromatic carboxylic acids is 1. The summed E-state index contributed by atoms with van der Waals surface area (Å²) in [5, 5.41) is 21.5. The van der Waals surface area contributed by atoms with Gasteiger partial charge < -0.3 is 28.8 Å². The molecule has 0 aliphatic rings. The molecule has 15 heteroatoms. The molecule has 0 heterocycles. The number of anilines is 1. The Morgan fingerprint density at radius 3 is 1.91 bits per heavy atom. The normalized spacial score (nSPS) is 11.3. The Morgan fingerprint density at radius 1 is 0.907 bits per heavy atom. The van der Waals surface area contributed by atoms with Crippen molar-refractivity contribution in [2.45, 2.75) is 59.2 Å². The van der Waals surface area contributed by atoms with Crippen LogP contribution in [0.1, 0.15) is 67.8 Å². The predicted molar refractivity (Wildman–Crippen MR) is 154 cm³/mol. The minimum Gasteiger partial charge on any atom is -0.493 e. The van der Waals surface area contributed by atoms with Gasteiger partial charge in [-0.3, -0.25) is 10.1 Å². The van der Waals surface area contributed by atoms with Crippen LogP contribution in [0.15, 0.2) is 24.3 Å². The number of ether oxygens (including phenoxy) is 5. The van der Waals surface area contributed by atoms with Gasteiger partial charge >= 0.3 is 24.1 Å². The van der Waals surface area contributed by atoms with Crippen LogP contribution in [-0.4, -0.2) is 66.2 Å². The first kappa shape index (κ1) is 34.6. The first-order chi connectivity index (χ1) is 19.8. The number of esters is 1. The molecule has 43 heavy (non-hydrogen) atoms. The van der Waals surface area contributed by atoms with Crippen LogP contribution in [0.4, 0.5) is 21.0 Å². The third-order valence-electron chi connectivity index (χ3n) is 5.30. The van der Waals surface area contributed by atoms with Gasteiger partial charge in [0.25, 0.3) is 5.69 Å². The van der Waals surface area contributed by atoms with Gasteiger partial charge in [0.05, 0.1) is 43.1 Å². The van der Waals surface area contributed by atoms with E-state index < -0.39 is 51.5 Å². The van der Waals surface area contributed by atoms with Gasteiger partial charge in [0.1, 0.15) is 16.8 Å². The molecule has 2 amide bonds. The maximum Gasteiger partial charge on any atom is 0.424 e. The molecule has 2 rings (SSSR count). The average Bonchev–Trinajstić information content (AvgIpc) is 2.86. The van der Waals surface area contributed by atoms with Gasteiger partial charge in [-0.15, -0.1) is 0 Å². The summed E-state index contributed by atoms with van der Waals surface area (Å²) >= 11 is 6.46. The Hall–Kier alpha value is -4.59. The molecule has 0 aliphatic carbocycles. The number of nitro benzene ring substituents is 1. The van der Waals surface area contributed by atoms with Crippen LogP contribution in [0.5, 0.6) is 11.5 Å². The molecule has 0 atom stereocenters. The lowest BCUT2D eigenvalue weighted by Gasteiger charge is -2.29. The fourth-order valence-corrected chi connectivity index (χ4v) is 3.81. The molecular weight excluding hydrogens is 592 g/mol. The summed E-state index contributed by atoms with van der Waals surface area (Å²) < 4.78 is 26.1. The van der Waals surface area contributed by atoms with E-state index in [1.807, 2.05) is 0 Å². The van der Waals surface area contributed by atoms with Crippen molar-refractivity contribution in [1.29, 1.82) is 0 Å². The zero-order valence-electron chi connectivity index (χ0n) is 24.9. The van der Waals surface area contributed by atoms with Crippen molar-refractivity contribution in [3.8, 4) is 11.5 Å². The van der Waals surface area contributed by atoms with E-state index >= 15 is 0 Å². The van der Waals surface area contributed by atoms with Crippen molar-refractivity contribution < 1.29 is 52.9 Å². The monoisotopic (exact) mass is 624 g/mol. The van der Waals surface area contributed by atoms with Gasteiger partial charge in [0.15, 0.2) is 11.5 Å². The zero-order valence-corrected chi connectivity index (χ0v) is 25.7. The van der Waals surface area contributed by atoms with Crippen molar-refractivity contribution in [2.24, 2.45) is 0 Å². The molecule has 0 spiro atoms. The van der Waals surface area contributed by atoms with E-state index in [9.17, 15) is 34.4 Å². The number of benzene rings is 2. The highest BCUT2D eigenvalue weighted by atomic mass is 35.5. The molecule has 1 N–H and O–H groups in total. The third kappa shape index (κ3) is 9.20. The Labute approximate surface area is 252 Å². The van der Waals surface area contributed by atoms with Gasteiger partial charge in [-0.2, -0.15) is 4.90 Å². The number of carbonyl (C=O) groups excluding carboxylic acids is 3. The maximum atomic E-state index is 13.1. The number of imide groups is 1. The predicted octanol–water partition coefficient (Wildman–Crippen LogP) is 6.04. The van der Waals surface area contributed by atoms with Gasteiger partial charge in [-0.1, -0.05) is 11.6 Å². The molecule has 0 aliphatic heterocycles. The number of methoxy groups -OCH3 is 2. The standard InChI is InChI=1S/C28H33ClN2O12/c1-27(2,3)42-25(35)30(26(36)43-28(4,5)6)19-13-18(29)15(11-16(19)23(32)33)9-10-41-22-14-20(31(37)38)17(24(34)40-8)12-21(22)39-7/h11-14H,9-10H2,1-8H3,(H,32,33). The first-order valence-corrected chi connectivity index (χ1v) is 13.1. The molecular formula is C28H33ClN2O12. The number of halogens is 1. The summed E-state index contributed by atoms with van der Waals surface area (Å²) in [6.07, 6.45) is -2.38. The highest BCUT2D eigenvalue weighted by molar-refractivity contribution is 6.32. The van der Waals surface area contributed by atoms with Crippen LogP contribution >= 0.6 is 11.6 Å². The Balaban J connectivity index is 2.48. The minimum absolute atomic E-state index is 0.00373. The van der Waals surface area contributed by atoms with E-state index in [0.717, 1.165) is 31.4 Å². The van der Waals surface area contributed by atoms with Crippen molar-refractivity contribution >= 4 is 47.1 Å². The molecule has 2 aromatic rings. The number of nitrogens with zero attached hydrogens (tertiary/aromatic N) is 2. The molecule has 0 saturated heterocycles. The Morgan fingerprint density at radius 2 is 1.47 bits per heavy atom. The molecule has 0 unspecified atom stereocenters. The quantitative estimate of drug-likeness (QED) is 0.148. The number of hydrogen-bond donors (Lipinski definition) is 1. The summed E-state index contributed by atoms with van der Waals surface area (Å²) in [6.45, 7) is 9.23. The third-order valence-corrected chi connectivity index (χ3v) is 5.65. The number of rotatable bonds is 9. The molecule has 234 valence electrons. The van der Waals surface area contributed by atoms with Crippen LogP contribution < -0.4 is 14.4 Å². The van der Waals surface area contributed by atoms with Crippen LogP contribution in [0.2, 0.25) is 5.02 Å². The highest BCUT2D eigenvalue weighted by Gasteiger charge is 2.36. The number of amides is 2. The topological polar surface area (TPSA) is 181 Å². The maximum absolute atomic E-state index is 13.1. The largest absolute Gasteiger partial charge is 0.493 e. The fraction of sp³-hybridized carbons (Fsp3) is 0.429.